The average Bonchev–Trinajstić information content (AvgIpc) is 2.24. The van der Waals surface area contributed by atoms with Crippen molar-refractivity contribution in [2.24, 2.45) is 5.92 Å². The Bertz CT molecular complexity index is 327. The topological polar surface area (TPSA) is 38.9 Å². The van der Waals surface area contributed by atoms with Gasteiger partial charge in [-0.05, 0) is 30.9 Å². The van der Waals surface area contributed by atoms with Crippen LogP contribution in [0.1, 0.15) is 43.4 Å². The van der Waals surface area contributed by atoms with Gasteiger partial charge in [-0.25, -0.2) is 0 Å². The molecule has 0 spiro atoms. The van der Waals surface area contributed by atoms with Gasteiger partial charge in [0, 0.05) is 6.20 Å². The predicted molar refractivity (Wildman–Crippen MR) is 63.7 cm³/mol. The van der Waals surface area contributed by atoms with Crippen molar-refractivity contribution < 1.29 is 0 Å². The molecule has 1 aliphatic rings. The highest BCUT2D eigenvalue weighted by molar-refractivity contribution is 5.44. The van der Waals surface area contributed by atoms with Crippen LogP contribution in [0.15, 0.2) is 12.3 Å². The number of nitrogens with zero attached hydrogens (tertiary/aromatic N) is 1. The minimum atomic E-state index is 0.816. The SMILES string of the molecule is Cc1cnc(CC2CCCCC2)c(N)c1. The van der Waals surface area contributed by atoms with E-state index < -0.39 is 0 Å². The fourth-order valence-corrected chi connectivity index (χ4v) is 2.46. The quantitative estimate of drug-likeness (QED) is 0.804. The summed E-state index contributed by atoms with van der Waals surface area (Å²) in [5.41, 5.74) is 9.11. The van der Waals surface area contributed by atoms with Gasteiger partial charge in [0.25, 0.3) is 0 Å². The van der Waals surface area contributed by atoms with Gasteiger partial charge in [-0.15, -0.1) is 0 Å². The molecule has 0 aliphatic heterocycles. The fraction of sp³-hybridized carbons (Fsp3) is 0.615. The van der Waals surface area contributed by atoms with Crippen LogP contribution in [0.4, 0.5) is 5.69 Å². The van der Waals surface area contributed by atoms with Gasteiger partial charge in [0.2, 0.25) is 0 Å². The third kappa shape index (κ3) is 2.71. The summed E-state index contributed by atoms with van der Waals surface area (Å²) >= 11 is 0. The molecule has 0 saturated heterocycles. The van der Waals surface area contributed by atoms with Crippen molar-refractivity contribution in [1.29, 1.82) is 0 Å². The standard InChI is InChI=1S/C13H20N2/c1-10-7-12(14)13(15-9-10)8-11-5-3-2-4-6-11/h7,9,11H,2-6,8,14H2,1H3. The zero-order chi connectivity index (χ0) is 10.7. The Kier molecular flexibility index (Phi) is 3.24. The molecule has 2 nitrogen and oxygen atoms in total. The van der Waals surface area contributed by atoms with E-state index in [4.69, 9.17) is 5.73 Å². The molecule has 82 valence electrons. The molecule has 0 radical (unpaired) electrons. The maximum Gasteiger partial charge on any atom is 0.0635 e. The van der Waals surface area contributed by atoms with E-state index in [2.05, 4.69) is 4.98 Å². The van der Waals surface area contributed by atoms with Gasteiger partial charge in [0.15, 0.2) is 0 Å². The molecule has 0 unspecified atom stereocenters. The number of anilines is 1. The third-order valence-corrected chi connectivity index (χ3v) is 3.35. The van der Waals surface area contributed by atoms with Crippen LogP contribution in [-0.2, 0) is 6.42 Å². The summed E-state index contributed by atoms with van der Waals surface area (Å²) < 4.78 is 0. The Morgan fingerprint density at radius 2 is 2.07 bits per heavy atom. The first kappa shape index (κ1) is 10.5. The highest BCUT2D eigenvalue weighted by Crippen LogP contribution is 2.27. The summed E-state index contributed by atoms with van der Waals surface area (Å²) in [4.78, 5) is 4.45. The number of aromatic nitrogens is 1. The van der Waals surface area contributed by atoms with E-state index in [-0.39, 0.29) is 0 Å². The molecule has 1 aromatic rings. The molecule has 0 atom stereocenters. The van der Waals surface area contributed by atoms with Gasteiger partial charge in [-0.2, -0.15) is 0 Å². The van der Waals surface area contributed by atoms with Crippen LogP contribution in [0.2, 0.25) is 0 Å². The number of hydrogen-bond donors (Lipinski definition) is 1. The first-order valence-corrected chi connectivity index (χ1v) is 5.96. The summed E-state index contributed by atoms with van der Waals surface area (Å²) in [5, 5.41) is 0. The second-order valence-electron chi connectivity index (χ2n) is 4.76. The highest BCUT2D eigenvalue weighted by Gasteiger charge is 2.15. The van der Waals surface area contributed by atoms with Crippen molar-refractivity contribution >= 4 is 5.69 Å². The van der Waals surface area contributed by atoms with Crippen LogP contribution in [0.5, 0.6) is 0 Å². The van der Waals surface area contributed by atoms with Crippen LogP contribution in [0, 0.1) is 12.8 Å². The van der Waals surface area contributed by atoms with Crippen LogP contribution >= 0.6 is 0 Å². The van der Waals surface area contributed by atoms with Crippen molar-refractivity contribution in [3.63, 3.8) is 0 Å². The molecule has 1 aliphatic carbocycles. The summed E-state index contributed by atoms with van der Waals surface area (Å²) in [5.74, 6) is 0.816. The van der Waals surface area contributed by atoms with Gasteiger partial charge < -0.3 is 5.73 Å². The van der Waals surface area contributed by atoms with Crippen LogP contribution in [-0.4, -0.2) is 4.98 Å². The molecular weight excluding hydrogens is 184 g/mol. The van der Waals surface area contributed by atoms with Gasteiger partial charge in [0.05, 0.1) is 11.4 Å². The Hall–Kier alpha value is -1.05. The number of pyridine rings is 1. The maximum absolute atomic E-state index is 5.98. The number of nitrogens with two attached hydrogens (primary N) is 1. The zero-order valence-electron chi connectivity index (χ0n) is 9.50. The summed E-state index contributed by atoms with van der Waals surface area (Å²) in [6, 6.07) is 2.03. The average molecular weight is 204 g/mol. The minimum Gasteiger partial charge on any atom is -0.397 e. The van der Waals surface area contributed by atoms with Gasteiger partial charge in [-0.3, -0.25) is 4.98 Å². The van der Waals surface area contributed by atoms with E-state index in [1.165, 1.54) is 32.1 Å². The lowest BCUT2D eigenvalue weighted by molar-refractivity contribution is 0.354. The monoisotopic (exact) mass is 204 g/mol. The van der Waals surface area contributed by atoms with Crippen LogP contribution in [0.25, 0.3) is 0 Å². The second kappa shape index (κ2) is 4.65. The molecule has 2 N–H and O–H groups in total. The highest BCUT2D eigenvalue weighted by atomic mass is 14.7. The molecular formula is C13H20N2. The molecule has 1 heterocycles. The lowest BCUT2D eigenvalue weighted by Gasteiger charge is -2.21. The van der Waals surface area contributed by atoms with Crippen molar-refractivity contribution in [3.05, 3.63) is 23.5 Å². The minimum absolute atomic E-state index is 0.816. The number of nitrogen functional groups attached to an aromatic ring is 1. The van der Waals surface area contributed by atoms with Crippen molar-refractivity contribution in [3.8, 4) is 0 Å². The Morgan fingerprint density at radius 1 is 1.33 bits per heavy atom. The summed E-state index contributed by atoms with van der Waals surface area (Å²) in [6.45, 7) is 2.04. The predicted octanol–water partition coefficient (Wildman–Crippen LogP) is 3.10. The molecule has 1 aromatic heterocycles. The van der Waals surface area contributed by atoms with Crippen molar-refractivity contribution in [2.45, 2.75) is 45.4 Å². The van der Waals surface area contributed by atoms with Gasteiger partial charge in [0.1, 0.15) is 0 Å². The molecule has 2 rings (SSSR count). The maximum atomic E-state index is 5.98. The first-order chi connectivity index (χ1) is 7.25. The molecule has 2 heteroatoms. The smallest absolute Gasteiger partial charge is 0.0635 e. The Balaban J connectivity index is 2.03. The number of hydrogen-bond acceptors (Lipinski definition) is 2. The molecule has 1 fully saturated rings. The van der Waals surface area contributed by atoms with E-state index in [1.54, 1.807) is 0 Å². The molecule has 0 bridgehead atoms. The fourth-order valence-electron chi connectivity index (χ4n) is 2.46. The first-order valence-electron chi connectivity index (χ1n) is 5.96. The van der Waals surface area contributed by atoms with Gasteiger partial charge in [-0.1, -0.05) is 32.1 Å². The Labute approximate surface area is 91.9 Å². The molecule has 0 amide bonds. The molecule has 1 saturated carbocycles. The number of aryl methyl sites for hydroxylation is 1. The van der Waals surface area contributed by atoms with Crippen molar-refractivity contribution in [2.75, 3.05) is 5.73 Å². The summed E-state index contributed by atoms with van der Waals surface area (Å²) in [6.07, 6.45) is 9.89. The lowest BCUT2D eigenvalue weighted by Crippen LogP contribution is -2.11. The van der Waals surface area contributed by atoms with Crippen LogP contribution in [0.3, 0.4) is 0 Å². The lowest BCUT2D eigenvalue weighted by atomic mass is 9.86. The Morgan fingerprint density at radius 3 is 2.73 bits per heavy atom. The molecule has 0 aromatic carbocycles. The van der Waals surface area contributed by atoms with E-state index >= 15 is 0 Å². The largest absolute Gasteiger partial charge is 0.397 e. The third-order valence-electron chi connectivity index (χ3n) is 3.35. The van der Waals surface area contributed by atoms with E-state index in [0.717, 1.165) is 29.3 Å². The van der Waals surface area contributed by atoms with E-state index in [9.17, 15) is 0 Å². The second-order valence-corrected chi connectivity index (χ2v) is 4.76. The van der Waals surface area contributed by atoms with E-state index in [0.29, 0.717) is 0 Å². The van der Waals surface area contributed by atoms with Crippen LogP contribution < -0.4 is 5.73 Å². The van der Waals surface area contributed by atoms with E-state index in [1.807, 2.05) is 19.2 Å². The molecule has 15 heavy (non-hydrogen) atoms. The zero-order valence-corrected chi connectivity index (χ0v) is 9.50. The number of rotatable bonds is 2. The van der Waals surface area contributed by atoms with Gasteiger partial charge >= 0.3 is 0 Å². The van der Waals surface area contributed by atoms with Crippen molar-refractivity contribution in [1.82, 2.24) is 4.98 Å². The summed E-state index contributed by atoms with van der Waals surface area (Å²) in [7, 11) is 0. The normalized spacial score (nSPS) is 17.9.